The zero-order chi connectivity index (χ0) is 17.7. The third kappa shape index (κ3) is 4.91. The molecule has 3 rings (SSSR count). The Morgan fingerprint density at radius 2 is 1.56 bits per heavy atom. The second-order valence-corrected chi connectivity index (χ2v) is 7.67. The van der Waals surface area contributed by atoms with Crippen LogP contribution in [0.1, 0.15) is 29.9 Å². The van der Waals surface area contributed by atoms with Crippen LogP contribution in [0.25, 0.3) is 0 Å². The summed E-state index contributed by atoms with van der Waals surface area (Å²) in [7, 11) is 4.07. The second-order valence-electron chi connectivity index (χ2n) is 7.67. The van der Waals surface area contributed by atoms with Gasteiger partial charge in [0.1, 0.15) is 0 Å². The zero-order valence-electron chi connectivity index (χ0n) is 15.4. The maximum atomic E-state index is 11.0. The molecule has 0 radical (unpaired) electrons. The van der Waals surface area contributed by atoms with Crippen molar-refractivity contribution in [2.75, 3.05) is 40.3 Å². The fraction of sp³-hybridized carbons (Fsp3) is 0.455. The van der Waals surface area contributed by atoms with E-state index in [9.17, 15) is 5.11 Å². The SMILES string of the molecule is CN(C)C[C@@]1(O)CCCN(CC(c2ccccc2)c2ccccc2)C1. The Bertz CT molecular complexity index is 604. The van der Waals surface area contributed by atoms with Crippen molar-refractivity contribution in [2.24, 2.45) is 0 Å². The molecule has 0 saturated carbocycles. The summed E-state index contributed by atoms with van der Waals surface area (Å²) in [6.07, 6.45) is 1.95. The maximum Gasteiger partial charge on any atom is 0.0900 e. The summed E-state index contributed by atoms with van der Waals surface area (Å²) in [4.78, 5) is 4.53. The largest absolute Gasteiger partial charge is 0.387 e. The molecule has 0 bridgehead atoms. The summed E-state index contributed by atoms with van der Waals surface area (Å²) in [5.41, 5.74) is 2.09. The Labute approximate surface area is 151 Å². The van der Waals surface area contributed by atoms with Gasteiger partial charge in [0.05, 0.1) is 5.60 Å². The van der Waals surface area contributed by atoms with Crippen LogP contribution >= 0.6 is 0 Å². The van der Waals surface area contributed by atoms with Crippen LogP contribution in [-0.4, -0.2) is 60.8 Å². The van der Waals surface area contributed by atoms with E-state index in [-0.39, 0.29) is 0 Å². The van der Waals surface area contributed by atoms with Gasteiger partial charge in [-0.1, -0.05) is 60.7 Å². The van der Waals surface area contributed by atoms with E-state index in [0.717, 1.165) is 39.0 Å². The summed E-state index contributed by atoms with van der Waals surface area (Å²) < 4.78 is 0. The highest BCUT2D eigenvalue weighted by Crippen LogP contribution is 2.29. The Hall–Kier alpha value is -1.68. The number of likely N-dealkylation sites (tertiary alicyclic amines) is 1. The number of hydrogen-bond acceptors (Lipinski definition) is 3. The summed E-state index contributed by atoms with van der Waals surface area (Å²) in [6.45, 7) is 3.49. The fourth-order valence-electron chi connectivity index (χ4n) is 4.11. The molecule has 134 valence electrons. The van der Waals surface area contributed by atoms with Gasteiger partial charge in [-0.25, -0.2) is 0 Å². The Balaban J connectivity index is 1.79. The van der Waals surface area contributed by atoms with Crippen LogP contribution in [0.4, 0.5) is 0 Å². The number of nitrogens with zero attached hydrogens (tertiary/aromatic N) is 2. The lowest BCUT2D eigenvalue weighted by Crippen LogP contribution is -2.53. The zero-order valence-corrected chi connectivity index (χ0v) is 15.4. The first-order valence-electron chi connectivity index (χ1n) is 9.25. The van der Waals surface area contributed by atoms with Crippen LogP contribution in [0.15, 0.2) is 60.7 Å². The molecule has 0 spiro atoms. The van der Waals surface area contributed by atoms with Crippen LogP contribution in [0, 0.1) is 0 Å². The lowest BCUT2D eigenvalue weighted by atomic mass is 9.88. The van der Waals surface area contributed by atoms with Crippen LogP contribution in [0.5, 0.6) is 0 Å². The highest BCUT2D eigenvalue weighted by Gasteiger charge is 2.34. The molecule has 0 aliphatic carbocycles. The van der Waals surface area contributed by atoms with Gasteiger partial charge in [-0.05, 0) is 44.6 Å². The monoisotopic (exact) mass is 338 g/mol. The standard InChI is InChI=1S/C22H30N2O/c1-23(2)17-22(25)14-9-15-24(18-22)16-21(19-10-5-3-6-11-19)20-12-7-4-8-13-20/h3-8,10-13,21,25H,9,14-18H2,1-2H3/t22-/m0/s1. The summed E-state index contributed by atoms with van der Waals surface area (Å²) in [5, 5.41) is 11.0. The van der Waals surface area contributed by atoms with E-state index in [1.807, 2.05) is 14.1 Å². The molecule has 0 unspecified atom stereocenters. The average molecular weight is 338 g/mol. The minimum Gasteiger partial charge on any atom is -0.387 e. The van der Waals surface area contributed by atoms with Crippen LogP contribution in [0.3, 0.4) is 0 Å². The van der Waals surface area contributed by atoms with Gasteiger partial charge in [-0.15, -0.1) is 0 Å². The van der Waals surface area contributed by atoms with Crippen molar-refractivity contribution in [1.82, 2.24) is 9.80 Å². The van der Waals surface area contributed by atoms with Crippen LogP contribution in [0.2, 0.25) is 0 Å². The van der Waals surface area contributed by atoms with Crippen molar-refractivity contribution < 1.29 is 5.11 Å². The predicted molar refractivity (Wildman–Crippen MR) is 104 cm³/mol. The van der Waals surface area contributed by atoms with E-state index in [2.05, 4.69) is 70.5 Å². The lowest BCUT2D eigenvalue weighted by Gasteiger charge is -2.42. The van der Waals surface area contributed by atoms with Gasteiger partial charge in [-0.3, -0.25) is 4.90 Å². The first-order valence-corrected chi connectivity index (χ1v) is 9.25. The molecule has 3 nitrogen and oxygen atoms in total. The van der Waals surface area contributed by atoms with Crippen molar-refractivity contribution in [2.45, 2.75) is 24.4 Å². The number of likely N-dealkylation sites (N-methyl/N-ethyl adjacent to an activating group) is 1. The van der Waals surface area contributed by atoms with E-state index >= 15 is 0 Å². The molecule has 2 aromatic carbocycles. The Morgan fingerprint density at radius 1 is 1.00 bits per heavy atom. The van der Waals surface area contributed by atoms with Crippen molar-refractivity contribution >= 4 is 0 Å². The molecule has 1 heterocycles. The number of aliphatic hydroxyl groups is 1. The summed E-state index contributed by atoms with van der Waals surface area (Å²) >= 11 is 0. The van der Waals surface area contributed by atoms with Crippen molar-refractivity contribution in [3.63, 3.8) is 0 Å². The van der Waals surface area contributed by atoms with Gasteiger partial charge in [0, 0.05) is 25.6 Å². The molecular weight excluding hydrogens is 308 g/mol. The first-order chi connectivity index (χ1) is 12.1. The second kappa shape index (κ2) is 8.13. The van der Waals surface area contributed by atoms with Crippen LogP contribution < -0.4 is 0 Å². The molecule has 0 amide bonds. The van der Waals surface area contributed by atoms with Gasteiger partial charge in [0.15, 0.2) is 0 Å². The molecule has 1 N–H and O–H groups in total. The number of benzene rings is 2. The highest BCUT2D eigenvalue weighted by molar-refractivity contribution is 5.32. The van der Waals surface area contributed by atoms with E-state index in [1.165, 1.54) is 11.1 Å². The van der Waals surface area contributed by atoms with E-state index in [0.29, 0.717) is 5.92 Å². The number of hydrogen-bond donors (Lipinski definition) is 1. The van der Waals surface area contributed by atoms with Gasteiger partial charge in [0.2, 0.25) is 0 Å². The third-order valence-corrected chi connectivity index (χ3v) is 5.09. The molecular formula is C22H30N2O. The molecule has 1 aliphatic heterocycles. The normalized spacial score (nSPS) is 21.8. The molecule has 1 aliphatic rings. The van der Waals surface area contributed by atoms with Crippen molar-refractivity contribution in [1.29, 1.82) is 0 Å². The van der Waals surface area contributed by atoms with Crippen molar-refractivity contribution in [3.05, 3.63) is 71.8 Å². The van der Waals surface area contributed by atoms with Crippen molar-refractivity contribution in [3.8, 4) is 0 Å². The predicted octanol–water partition coefficient (Wildman–Crippen LogP) is 3.21. The summed E-state index contributed by atoms with van der Waals surface area (Å²) in [6, 6.07) is 21.5. The Kier molecular flexibility index (Phi) is 5.89. The van der Waals surface area contributed by atoms with Crippen LogP contribution in [-0.2, 0) is 0 Å². The van der Waals surface area contributed by atoms with Gasteiger partial charge in [0.25, 0.3) is 0 Å². The van der Waals surface area contributed by atoms with E-state index in [1.54, 1.807) is 0 Å². The minimum atomic E-state index is -0.598. The number of piperidine rings is 1. The van der Waals surface area contributed by atoms with Gasteiger partial charge < -0.3 is 10.0 Å². The van der Waals surface area contributed by atoms with Gasteiger partial charge in [-0.2, -0.15) is 0 Å². The third-order valence-electron chi connectivity index (χ3n) is 5.09. The summed E-state index contributed by atoms with van der Waals surface area (Å²) in [5.74, 6) is 0.337. The molecule has 0 aromatic heterocycles. The average Bonchev–Trinajstić information content (AvgIpc) is 2.60. The quantitative estimate of drug-likeness (QED) is 0.876. The number of β-amino-alcohol motifs (C(OH)–C–C–N with tert-alkyl or cyclic N) is 1. The fourth-order valence-corrected chi connectivity index (χ4v) is 4.11. The maximum absolute atomic E-state index is 11.0. The molecule has 1 saturated heterocycles. The topological polar surface area (TPSA) is 26.7 Å². The minimum absolute atomic E-state index is 0.337. The number of rotatable bonds is 6. The Morgan fingerprint density at radius 3 is 2.08 bits per heavy atom. The van der Waals surface area contributed by atoms with E-state index in [4.69, 9.17) is 0 Å². The van der Waals surface area contributed by atoms with Gasteiger partial charge >= 0.3 is 0 Å². The smallest absolute Gasteiger partial charge is 0.0900 e. The lowest BCUT2D eigenvalue weighted by molar-refractivity contribution is -0.0463. The van der Waals surface area contributed by atoms with E-state index < -0.39 is 5.60 Å². The molecule has 1 atom stereocenters. The molecule has 1 fully saturated rings. The molecule has 3 heteroatoms. The molecule has 25 heavy (non-hydrogen) atoms. The first kappa shape index (κ1) is 18.1. The highest BCUT2D eigenvalue weighted by atomic mass is 16.3. The molecule has 2 aromatic rings.